The van der Waals surface area contributed by atoms with E-state index < -0.39 is 0 Å². The van der Waals surface area contributed by atoms with Crippen molar-refractivity contribution in [2.45, 2.75) is 26.2 Å². The lowest BCUT2D eigenvalue weighted by molar-refractivity contribution is -0.384. The zero-order valence-electron chi connectivity index (χ0n) is 10.1. The number of aryl methyl sites for hydroxylation is 2. The van der Waals surface area contributed by atoms with Crippen molar-refractivity contribution in [1.29, 1.82) is 0 Å². The van der Waals surface area contributed by atoms with Crippen LogP contribution in [0.4, 0.5) is 11.5 Å². The predicted octanol–water partition coefficient (Wildman–Crippen LogP) is 1.45. The van der Waals surface area contributed by atoms with Crippen LogP contribution in [-0.4, -0.2) is 32.8 Å². The topological polar surface area (TPSA) is 76.2 Å². The lowest BCUT2D eigenvalue weighted by atomic mass is 10.2. The van der Waals surface area contributed by atoms with Crippen molar-refractivity contribution >= 4 is 11.5 Å². The third kappa shape index (κ3) is 2.38. The molecule has 1 aromatic heterocycles. The molecular formula is C10H17N5O2. The van der Waals surface area contributed by atoms with Crippen molar-refractivity contribution in [2.24, 2.45) is 7.05 Å². The van der Waals surface area contributed by atoms with Gasteiger partial charge in [-0.3, -0.25) is 15.5 Å². The number of piperidine rings is 1. The van der Waals surface area contributed by atoms with E-state index in [2.05, 4.69) is 10.5 Å². The second-order valence-electron chi connectivity index (χ2n) is 4.32. The van der Waals surface area contributed by atoms with E-state index in [1.165, 1.54) is 11.1 Å². The first-order chi connectivity index (χ1) is 8.09. The number of nitrogens with zero attached hydrogens (tertiary/aromatic N) is 4. The molecule has 2 heterocycles. The molecule has 1 N–H and O–H groups in total. The zero-order valence-corrected chi connectivity index (χ0v) is 10.1. The molecule has 1 fully saturated rings. The number of anilines is 1. The van der Waals surface area contributed by atoms with Crippen LogP contribution in [0.3, 0.4) is 0 Å². The Morgan fingerprint density at radius 2 is 2.00 bits per heavy atom. The van der Waals surface area contributed by atoms with Crippen molar-refractivity contribution in [1.82, 2.24) is 14.8 Å². The molecule has 7 nitrogen and oxygen atoms in total. The molecule has 1 saturated heterocycles. The summed E-state index contributed by atoms with van der Waals surface area (Å²) in [5, 5.41) is 17.1. The van der Waals surface area contributed by atoms with Gasteiger partial charge >= 0.3 is 5.69 Å². The summed E-state index contributed by atoms with van der Waals surface area (Å²) < 4.78 is 1.53. The number of nitrogens with one attached hydrogen (secondary N) is 1. The van der Waals surface area contributed by atoms with Crippen LogP contribution in [0.25, 0.3) is 0 Å². The standard InChI is InChI=1S/C10H17N5O2/c1-8-9(15(16)17)10(13(2)11-8)12-14-6-4-3-5-7-14/h12H,3-7H2,1-2H3. The van der Waals surface area contributed by atoms with Gasteiger partial charge in [0, 0.05) is 20.1 Å². The molecule has 0 aromatic carbocycles. The van der Waals surface area contributed by atoms with Crippen LogP contribution in [0.5, 0.6) is 0 Å². The molecule has 7 heteroatoms. The Hall–Kier alpha value is -1.63. The number of hydrazine groups is 1. The fourth-order valence-corrected chi connectivity index (χ4v) is 2.15. The summed E-state index contributed by atoms with van der Waals surface area (Å²) in [6.07, 6.45) is 3.47. The smallest absolute Gasteiger partial charge is 0.298 e. The second-order valence-corrected chi connectivity index (χ2v) is 4.32. The second kappa shape index (κ2) is 4.70. The molecular weight excluding hydrogens is 222 g/mol. The molecule has 17 heavy (non-hydrogen) atoms. The first kappa shape index (κ1) is 11.8. The third-order valence-corrected chi connectivity index (χ3v) is 2.99. The monoisotopic (exact) mass is 239 g/mol. The Labute approximate surface area is 99.5 Å². The van der Waals surface area contributed by atoms with E-state index in [1.54, 1.807) is 14.0 Å². The van der Waals surface area contributed by atoms with Gasteiger partial charge in [-0.1, -0.05) is 6.42 Å². The highest BCUT2D eigenvalue weighted by atomic mass is 16.6. The Kier molecular flexibility index (Phi) is 3.28. The Morgan fingerprint density at radius 1 is 1.35 bits per heavy atom. The zero-order chi connectivity index (χ0) is 12.4. The summed E-state index contributed by atoms with van der Waals surface area (Å²) in [5.74, 6) is 0.467. The van der Waals surface area contributed by atoms with Crippen molar-refractivity contribution in [3.8, 4) is 0 Å². The van der Waals surface area contributed by atoms with Gasteiger partial charge in [0.15, 0.2) is 0 Å². The highest BCUT2D eigenvalue weighted by Crippen LogP contribution is 2.28. The van der Waals surface area contributed by atoms with E-state index in [4.69, 9.17) is 0 Å². The highest BCUT2D eigenvalue weighted by molar-refractivity contribution is 5.58. The fraction of sp³-hybridized carbons (Fsp3) is 0.700. The van der Waals surface area contributed by atoms with Gasteiger partial charge in [0.2, 0.25) is 5.82 Å². The molecule has 0 unspecified atom stereocenters. The predicted molar refractivity (Wildman–Crippen MR) is 63.6 cm³/mol. The van der Waals surface area contributed by atoms with Crippen LogP contribution in [0, 0.1) is 17.0 Å². The molecule has 0 atom stereocenters. The molecule has 94 valence electrons. The summed E-state index contributed by atoms with van der Waals surface area (Å²) in [7, 11) is 1.71. The van der Waals surface area contributed by atoms with E-state index in [1.807, 2.05) is 5.01 Å². The van der Waals surface area contributed by atoms with Crippen LogP contribution in [-0.2, 0) is 7.05 Å². The SMILES string of the molecule is Cc1nn(C)c(NN2CCCCC2)c1[N+](=O)[O-]. The average Bonchev–Trinajstić information content (AvgIpc) is 2.55. The van der Waals surface area contributed by atoms with Crippen LogP contribution in [0.2, 0.25) is 0 Å². The minimum atomic E-state index is -0.380. The average molecular weight is 239 g/mol. The van der Waals surface area contributed by atoms with Gasteiger partial charge in [-0.2, -0.15) is 5.10 Å². The number of hydrogen-bond donors (Lipinski definition) is 1. The van der Waals surface area contributed by atoms with Gasteiger partial charge in [0.1, 0.15) is 5.69 Å². The summed E-state index contributed by atoms with van der Waals surface area (Å²) >= 11 is 0. The van der Waals surface area contributed by atoms with E-state index in [0.29, 0.717) is 11.5 Å². The highest BCUT2D eigenvalue weighted by Gasteiger charge is 2.25. The Morgan fingerprint density at radius 3 is 2.59 bits per heavy atom. The van der Waals surface area contributed by atoms with E-state index in [9.17, 15) is 10.1 Å². The maximum atomic E-state index is 11.0. The van der Waals surface area contributed by atoms with Gasteiger partial charge in [0.05, 0.1) is 4.92 Å². The lowest BCUT2D eigenvalue weighted by Crippen LogP contribution is -2.35. The molecule has 0 aliphatic carbocycles. The number of hydrogen-bond acceptors (Lipinski definition) is 5. The van der Waals surface area contributed by atoms with Crippen LogP contribution in [0.1, 0.15) is 25.0 Å². The van der Waals surface area contributed by atoms with Crippen molar-refractivity contribution in [2.75, 3.05) is 18.5 Å². The van der Waals surface area contributed by atoms with Gasteiger partial charge < -0.3 is 0 Å². The van der Waals surface area contributed by atoms with Crippen molar-refractivity contribution in [3.05, 3.63) is 15.8 Å². The first-order valence-electron chi connectivity index (χ1n) is 5.79. The van der Waals surface area contributed by atoms with Crippen LogP contribution < -0.4 is 5.43 Å². The number of nitro groups is 1. The van der Waals surface area contributed by atoms with Gasteiger partial charge in [0.25, 0.3) is 0 Å². The number of rotatable bonds is 3. The largest absolute Gasteiger partial charge is 0.335 e. The Balaban J connectivity index is 2.21. The molecule has 1 aliphatic rings. The first-order valence-corrected chi connectivity index (χ1v) is 5.79. The van der Waals surface area contributed by atoms with E-state index in [0.717, 1.165) is 25.9 Å². The van der Waals surface area contributed by atoms with Gasteiger partial charge in [-0.15, -0.1) is 0 Å². The summed E-state index contributed by atoms with van der Waals surface area (Å²) in [6.45, 7) is 3.49. The van der Waals surface area contributed by atoms with Crippen molar-refractivity contribution in [3.63, 3.8) is 0 Å². The maximum absolute atomic E-state index is 11.0. The minimum Gasteiger partial charge on any atom is -0.298 e. The quantitative estimate of drug-likeness (QED) is 0.638. The summed E-state index contributed by atoms with van der Waals surface area (Å²) in [5.41, 5.74) is 3.62. The molecule has 0 saturated carbocycles. The van der Waals surface area contributed by atoms with Gasteiger partial charge in [-0.05, 0) is 19.8 Å². The molecule has 1 aromatic rings. The molecule has 2 rings (SSSR count). The molecule has 0 spiro atoms. The summed E-state index contributed by atoms with van der Waals surface area (Å²) in [6, 6.07) is 0. The van der Waals surface area contributed by atoms with E-state index in [-0.39, 0.29) is 10.6 Å². The fourth-order valence-electron chi connectivity index (χ4n) is 2.15. The molecule has 0 bridgehead atoms. The minimum absolute atomic E-state index is 0.0677. The maximum Gasteiger partial charge on any atom is 0.335 e. The molecule has 0 amide bonds. The van der Waals surface area contributed by atoms with Crippen LogP contribution in [0.15, 0.2) is 0 Å². The summed E-state index contributed by atoms with van der Waals surface area (Å²) in [4.78, 5) is 10.6. The lowest BCUT2D eigenvalue weighted by Gasteiger charge is -2.27. The molecule has 1 aliphatic heterocycles. The normalized spacial score (nSPS) is 17.1. The third-order valence-electron chi connectivity index (χ3n) is 2.99. The molecule has 0 radical (unpaired) electrons. The number of aromatic nitrogens is 2. The Bertz CT molecular complexity index is 423. The van der Waals surface area contributed by atoms with Gasteiger partial charge in [-0.25, -0.2) is 9.69 Å². The van der Waals surface area contributed by atoms with Crippen LogP contribution >= 0.6 is 0 Å². The van der Waals surface area contributed by atoms with Crippen molar-refractivity contribution < 1.29 is 4.92 Å². The van der Waals surface area contributed by atoms with E-state index >= 15 is 0 Å².